The number of rotatable bonds is 1. The van der Waals surface area contributed by atoms with Crippen LogP contribution in [0.15, 0.2) is 42.4 Å². The monoisotopic (exact) mass is 175 g/mol. The number of hydrogen-bond acceptors (Lipinski definition) is 4. The number of aromatic nitrogens is 2. The van der Waals surface area contributed by atoms with Crippen LogP contribution in [-0.2, 0) is 0 Å². The van der Waals surface area contributed by atoms with Crippen LogP contribution in [-0.4, -0.2) is 21.8 Å². The van der Waals surface area contributed by atoms with Gasteiger partial charge in [-0.15, -0.1) is 5.10 Å². The maximum atomic E-state index is 9.09. The molecule has 2 rings (SSSR count). The Kier molecular flexibility index (Phi) is 1.96. The van der Waals surface area contributed by atoms with Gasteiger partial charge in [0.05, 0.1) is 0 Å². The van der Waals surface area contributed by atoms with Crippen LogP contribution < -0.4 is 4.90 Å². The van der Waals surface area contributed by atoms with Gasteiger partial charge in [-0.1, -0.05) is 0 Å². The number of anilines is 1. The number of hydrogen-bond donors (Lipinski definition) is 1. The summed E-state index contributed by atoms with van der Waals surface area (Å²) in [6.45, 7) is 0.626. The third-order valence-electron chi connectivity index (χ3n) is 1.77. The fourth-order valence-corrected chi connectivity index (χ4v) is 1.10. The number of nitrogens with zero attached hydrogens (tertiary/aromatic N) is 3. The van der Waals surface area contributed by atoms with Crippen LogP contribution in [0.25, 0.3) is 0 Å². The molecule has 13 heavy (non-hydrogen) atoms. The minimum atomic E-state index is 0.292. The molecule has 66 valence electrons. The number of allylic oxidation sites excluding steroid dienone is 1. The highest BCUT2D eigenvalue weighted by Gasteiger charge is 2.06. The van der Waals surface area contributed by atoms with Gasteiger partial charge in [0.2, 0.25) is 0 Å². The van der Waals surface area contributed by atoms with E-state index in [0.29, 0.717) is 12.3 Å². The average molecular weight is 175 g/mol. The van der Waals surface area contributed by atoms with E-state index in [1.807, 2.05) is 17.0 Å². The molecular weight excluding hydrogens is 166 g/mol. The van der Waals surface area contributed by atoms with Gasteiger partial charge in [-0.05, 0) is 24.3 Å². The van der Waals surface area contributed by atoms with Gasteiger partial charge in [-0.3, -0.25) is 0 Å². The molecule has 1 aromatic rings. The highest BCUT2D eigenvalue weighted by molar-refractivity contribution is 5.44. The second-order valence-electron chi connectivity index (χ2n) is 2.68. The Morgan fingerprint density at radius 3 is 3.00 bits per heavy atom. The summed E-state index contributed by atoms with van der Waals surface area (Å²) in [5.74, 6) is 1.07. The second kappa shape index (κ2) is 3.26. The Morgan fingerprint density at radius 2 is 2.38 bits per heavy atom. The fourth-order valence-electron chi connectivity index (χ4n) is 1.10. The van der Waals surface area contributed by atoms with E-state index in [0.717, 1.165) is 5.82 Å². The molecule has 1 aliphatic heterocycles. The first-order valence-corrected chi connectivity index (χ1v) is 3.98. The van der Waals surface area contributed by atoms with E-state index in [4.69, 9.17) is 5.11 Å². The Bertz CT molecular complexity index is 345. The maximum absolute atomic E-state index is 9.09. The van der Waals surface area contributed by atoms with Crippen LogP contribution in [0.3, 0.4) is 0 Å². The molecule has 0 aromatic carbocycles. The molecule has 1 aliphatic rings. The molecule has 1 N–H and O–H groups in total. The lowest BCUT2D eigenvalue weighted by molar-refractivity contribution is 0.428. The van der Waals surface area contributed by atoms with Crippen molar-refractivity contribution < 1.29 is 5.11 Å². The van der Waals surface area contributed by atoms with Gasteiger partial charge in [0.25, 0.3) is 0 Å². The van der Waals surface area contributed by atoms with Gasteiger partial charge in [-0.25, -0.2) is 0 Å². The van der Waals surface area contributed by atoms with Crippen molar-refractivity contribution in [1.82, 2.24) is 10.2 Å². The van der Waals surface area contributed by atoms with Crippen LogP contribution in [0.2, 0.25) is 0 Å². The Hall–Kier alpha value is -1.84. The molecule has 2 heterocycles. The molecular formula is C9H9N3O. The topological polar surface area (TPSA) is 49.2 Å². The summed E-state index contributed by atoms with van der Waals surface area (Å²) in [6.07, 6.45) is 6.75. The van der Waals surface area contributed by atoms with Crippen LogP contribution in [0.5, 0.6) is 0 Å². The van der Waals surface area contributed by atoms with E-state index in [1.165, 1.54) is 0 Å². The highest BCUT2D eigenvalue weighted by Crippen LogP contribution is 2.12. The third-order valence-corrected chi connectivity index (χ3v) is 1.77. The Morgan fingerprint density at radius 1 is 1.46 bits per heavy atom. The van der Waals surface area contributed by atoms with E-state index in [2.05, 4.69) is 10.2 Å². The van der Waals surface area contributed by atoms with Crippen molar-refractivity contribution in [2.75, 3.05) is 11.4 Å². The molecule has 0 bridgehead atoms. The van der Waals surface area contributed by atoms with Gasteiger partial charge < -0.3 is 10.0 Å². The van der Waals surface area contributed by atoms with Crippen molar-refractivity contribution in [3.05, 3.63) is 42.4 Å². The zero-order chi connectivity index (χ0) is 9.10. The minimum Gasteiger partial charge on any atom is -0.508 e. The van der Waals surface area contributed by atoms with E-state index in [-0.39, 0.29) is 0 Å². The fraction of sp³-hybridized carbons (Fsp3) is 0.111. The standard InChI is InChI=1S/C9H9N3O/c13-8-3-6-12(7-4-8)9-2-1-5-10-11-9/h1-6,13H,7H2. The third kappa shape index (κ3) is 1.66. The van der Waals surface area contributed by atoms with Crippen molar-refractivity contribution in [3.63, 3.8) is 0 Å². The van der Waals surface area contributed by atoms with Crippen molar-refractivity contribution in [1.29, 1.82) is 0 Å². The van der Waals surface area contributed by atoms with Gasteiger partial charge in [0, 0.05) is 18.9 Å². The van der Waals surface area contributed by atoms with Crippen molar-refractivity contribution in [2.24, 2.45) is 0 Å². The van der Waals surface area contributed by atoms with E-state index in [9.17, 15) is 0 Å². The summed E-state index contributed by atoms with van der Waals surface area (Å²) in [5.41, 5.74) is 0. The van der Waals surface area contributed by atoms with E-state index in [1.54, 1.807) is 24.5 Å². The lowest BCUT2D eigenvalue weighted by Gasteiger charge is -2.18. The minimum absolute atomic E-state index is 0.292. The van der Waals surface area contributed by atoms with Crippen LogP contribution in [0, 0.1) is 0 Å². The maximum Gasteiger partial charge on any atom is 0.155 e. The van der Waals surface area contributed by atoms with Gasteiger partial charge in [0.1, 0.15) is 5.76 Å². The largest absolute Gasteiger partial charge is 0.508 e. The van der Waals surface area contributed by atoms with Gasteiger partial charge in [0.15, 0.2) is 5.82 Å². The molecule has 0 aliphatic carbocycles. The average Bonchev–Trinajstić information content (AvgIpc) is 2.20. The predicted molar refractivity (Wildman–Crippen MR) is 49.2 cm³/mol. The van der Waals surface area contributed by atoms with Crippen molar-refractivity contribution in [3.8, 4) is 0 Å². The molecule has 0 amide bonds. The smallest absolute Gasteiger partial charge is 0.155 e. The normalized spacial score (nSPS) is 15.7. The molecule has 0 spiro atoms. The molecule has 0 saturated heterocycles. The molecule has 0 unspecified atom stereocenters. The summed E-state index contributed by atoms with van der Waals surface area (Å²) in [5, 5.41) is 16.8. The first-order chi connectivity index (χ1) is 6.36. The zero-order valence-corrected chi connectivity index (χ0v) is 6.96. The summed E-state index contributed by atoms with van der Waals surface area (Å²) >= 11 is 0. The highest BCUT2D eigenvalue weighted by atomic mass is 16.3. The molecule has 4 nitrogen and oxygen atoms in total. The van der Waals surface area contributed by atoms with Gasteiger partial charge >= 0.3 is 0 Å². The van der Waals surface area contributed by atoms with Crippen LogP contribution in [0.1, 0.15) is 0 Å². The lowest BCUT2D eigenvalue weighted by Crippen LogP contribution is -2.20. The summed E-state index contributed by atoms with van der Waals surface area (Å²) < 4.78 is 0. The zero-order valence-electron chi connectivity index (χ0n) is 6.96. The van der Waals surface area contributed by atoms with E-state index < -0.39 is 0 Å². The summed E-state index contributed by atoms with van der Waals surface area (Å²) in [4.78, 5) is 1.90. The van der Waals surface area contributed by atoms with Crippen molar-refractivity contribution >= 4 is 5.82 Å². The van der Waals surface area contributed by atoms with Crippen molar-refractivity contribution in [2.45, 2.75) is 0 Å². The molecule has 0 radical (unpaired) electrons. The molecule has 0 atom stereocenters. The van der Waals surface area contributed by atoms with E-state index >= 15 is 0 Å². The van der Waals surface area contributed by atoms with Crippen LogP contribution >= 0.6 is 0 Å². The SMILES string of the molecule is OC1=CCN(c2cccnn2)C=C1. The first-order valence-electron chi connectivity index (χ1n) is 3.98. The molecule has 0 fully saturated rings. The Balaban J connectivity index is 2.18. The van der Waals surface area contributed by atoms with Crippen LogP contribution in [0.4, 0.5) is 5.82 Å². The summed E-state index contributed by atoms with van der Waals surface area (Å²) in [7, 11) is 0. The Labute approximate surface area is 75.8 Å². The summed E-state index contributed by atoms with van der Waals surface area (Å²) in [6, 6.07) is 3.70. The number of aliphatic hydroxyl groups is 1. The first kappa shape index (κ1) is 7.79. The predicted octanol–water partition coefficient (Wildman–Crippen LogP) is 1.25. The number of aliphatic hydroxyl groups excluding tert-OH is 1. The van der Waals surface area contributed by atoms with Gasteiger partial charge in [-0.2, -0.15) is 5.10 Å². The molecule has 0 saturated carbocycles. The molecule has 1 aromatic heterocycles. The lowest BCUT2D eigenvalue weighted by atomic mass is 10.3. The second-order valence-corrected chi connectivity index (χ2v) is 2.68. The quantitative estimate of drug-likeness (QED) is 0.697. The molecule has 4 heteroatoms.